The van der Waals surface area contributed by atoms with Crippen molar-refractivity contribution in [2.24, 2.45) is 0 Å². The molecule has 0 N–H and O–H groups in total. The molecule has 0 heterocycles. The van der Waals surface area contributed by atoms with E-state index in [4.69, 9.17) is 9.47 Å². The predicted molar refractivity (Wildman–Crippen MR) is 41.7 cm³/mol. The van der Waals surface area contributed by atoms with Crippen LogP contribution in [0.4, 0.5) is 0 Å². The molecule has 1 unspecified atom stereocenters. The van der Waals surface area contributed by atoms with Crippen molar-refractivity contribution < 1.29 is 14.3 Å². The van der Waals surface area contributed by atoms with Crippen LogP contribution in [0.1, 0.15) is 13.8 Å². The number of ether oxygens (including phenoxy) is 2. The highest BCUT2D eigenvalue weighted by atomic mass is 16.7. The van der Waals surface area contributed by atoms with Crippen LogP contribution in [0.25, 0.3) is 0 Å². The normalized spacial score (nSPS) is 10.8. The van der Waals surface area contributed by atoms with E-state index in [1.54, 1.807) is 13.8 Å². The second-order valence-electron chi connectivity index (χ2n) is 2.19. The summed E-state index contributed by atoms with van der Waals surface area (Å²) in [5, 5.41) is 0. The average Bonchev–Trinajstić information content (AvgIpc) is 1.86. The summed E-state index contributed by atoms with van der Waals surface area (Å²) in [6.45, 7) is 10.6. The van der Waals surface area contributed by atoms with Crippen molar-refractivity contribution in [3.8, 4) is 0 Å². The van der Waals surface area contributed by atoms with Crippen LogP contribution in [0, 0.1) is 6.92 Å². The van der Waals surface area contributed by atoms with E-state index < -0.39 is 11.8 Å². The molecule has 0 fully saturated rings. The summed E-state index contributed by atoms with van der Waals surface area (Å²) >= 11 is 0. The van der Waals surface area contributed by atoms with Crippen LogP contribution in [0.2, 0.25) is 0 Å². The molecule has 0 aromatic carbocycles. The summed E-state index contributed by atoms with van der Waals surface area (Å²) in [4.78, 5) is 10.6. The van der Waals surface area contributed by atoms with Crippen molar-refractivity contribution in [3.63, 3.8) is 0 Å². The van der Waals surface area contributed by atoms with Crippen LogP contribution in [-0.2, 0) is 14.3 Å². The quantitative estimate of drug-likeness (QED) is 0.350. The second kappa shape index (κ2) is 4.13. The van der Waals surface area contributed by atoms with Crippen LogP contribution in [0.3, 0.4) is 0 Å². The standard InChI is InChI=1S/C8H13O3/c1-5-7(9)11-8(3,4)10-6-2/h5H,1,3,6H2,2,4H3. The Morgan fingerprint density at radius 1 is 1.73 bits per heavy atom. The lowest BCUT2D eigenvalue weighted by molar-refractivity contribution is -0.197. The van der Waals surface area contributed by atoms with Gasteiger partial charge < -0.3 is 9.47 Å². The van der Waals surface area contributed by atoms with E-state index in [-0.39, 0.29) is 0 Å². The highest BCUT2D eigenvalue weighted by Gasteiger charge is 2.21. The lowest BCUT2D eigenvalue weighted by Gasteiger charge is -2.23. The van der Waals surface area contributed by atoms with E-state index in [2.05, 4.69) is 13.5 Å². The van der Waals surface area contributed by atoms with Gasteiger partial charge in [-0.3, -0.25) is 0 Å². The Kier molecular flexibility index (Phi) is 3.82. The zero-order valence-electron chi connectivity index (χ0n) is 6.92. The van der Waals surface area contributed by atoms with Crippen molar-refractivity contribution in [1.82, 2.24) is 0 Å². The summed E-state index contributed by atoms with van der Waals surface area (Å²) in [7, 11) is 0. The fraction of sp³-hybridized carbons (Fsp3) is 0.500. The van der Waals surface area contributed by atoms with E-state index in [1.165, 1.54) is 0 Å². The van der Waals surface area contributed by atoms with Crippen LogP contribution in [0.15, 0.2) is 12.7 Å². The first-order valence-corrected chi connectivity index (χ1v) is 3.36. The molecule has 0 aliphatic heterocycles. The molecule has 11 heavy (non-hydrogen) atoms. The largest absolute Gasteiger partial charge is 0.430 e. The monoisotopic (exact) mass is 157 g/mol. The van der Waals surface area contributed by atoms with Crippen molar-refractivity contribution in [2.45, 2.75) is 19.6 Å². The number of carbonyl (C=O) groups is 1. The van der Waals surface area contributed by atoms with Gasteiger partial charge in [0.05, 0.1) is 0 Å². The molecule has 3 heteroatoms. The number of hydrogen-bond acceptors (Lipinski definition) is 3. The molecule has 0 saturated heterocycles. The Bertz CT molecular complexity index is 149. The number of hydrogen-bond donors (Lipinski definition) is 0. The molecule has 0 aromatic rings. The van der Waals surface area contributed by atoms with Gasteiger partial charge in [0.25, 0.3) is 0 Å². The predicted octanol–water partition coefficient (Wildman–Crippen LogP) is 1.30. The van der Waals surface area contributed by atoms with Crippen molar-refractivity contribution >= 4 is 5.97 Å². The van der Waals surface area contributed by atoms with Crippen molar-refractivity contribution in [2.75, 3.05) is 6.61 Å². The van der Waals surface area contributed by atoms with E-state index in [9.17, 15) is 4.79 Å². The fourth-order valence-electron chi connectivity index (χ4n) is 0.589. The number of rotatable bonds is 4. The molecule has 1 atom stereocenters. The molecule has 0 aromatic heterocycles. The summed E-state index contributed by atoms with van der Waals surface area (Å²) < 4.78 is 9.74. The Labute approximate surface area is 67.0 Å². The minimum absolute atomic E-state index is 0.449. The maximum Gasteiger partial charge on any atom is 0.332 e. The minimum atomic E-state index is -1.10. The highest BCUT2D eigenvalue weighted by Crippen LogP contribution is 2.10. The molecule has 0 rings (SSSR count). The Morgan fingerprint density at radius 3 is 2.64 bits per heavy atom. The summed E-state index contributed by atoms with van der Waals surface area (Å²) in [6, 6.07) is 0. The molecular weight excluding hydrogens is 144 g/mol. The fourth-order valence-corrected chi connectivity index (χ4v) is 0.589. The number of carbonyl (C=O) groups excluding carboxylic acids is 1. The van der Waals surface area contributed by atoms with E-state index in [1.807, 2.05) is 0 Å². The van der Waals surface area contributed by atoms with Gasteiger partial charge in [0.2, 0.25) is 5.79 Å². The van der Waals surface area contributed by atoms with E-state index >= 15 is 0 Å². The molecule has 0 saturated carbocycles. The summed E-state index contributed by atoms with van der Waals surface area (Å²) in [5.74, 6) is -1.63. The SMILES string of the molecule is [CH2]C(C)(OCC)OC(=O)C=C. The van der Waals surface area contributed by atoms with Crippen LogP contribution in [-0.4, -0.2) is 18.4 Å². The highest BCUT2D eigenvalue weighted by molar-refractivity contribution is 5.81. The zero-order valence-corrected chi connectivity index (χ0v) is 6.92. The molecule has 0 aliphatic carbocycles. The number of esters is 1. The molecule has 0 bridgehead atoms. The molecule has 1 radical (unpaired) electrons. The lowest BCUT2D eigenvalue weighted by atomic mass is 10.4. The molecule has 0 spiro atoms. The van der Waals surface area contributed by atoms with Gasteiger partial charge in [0.1, 0.15) is 0 Å². The maximum absolute atomic E-state index is 10.6. The third-order valence-electron chi connectivity index (χ3n) is 0.933. The smallest absolute Gasteiger partial charge is 0.332 e. The van der Waals surface area contributed by atoms with Gasteiger partial charge in [0.15, 0.2) is 0 Å². The van der Waals surface area contributed by atoms with Gasteiger partial charge in [-0.15, -0.1) is 0 Å². The van der Waals surface area contributed by atoms with E-state index in [0.29, 0.717) is 6.61 Å². The van der Waals surface area contributed by atoms with Gasteiger partial charge in [0, 0.05) is 26.5 Å². The Balaban J connectivity index is 3.89. The summed E-state index contributed by atoms with van der Waals surface area (Å²) in [5.41, 5.74) is 0. The lowest BCUT2D eigenvalue weighted by Crippen LogP contribution is -2.30. The van der Waals surface area contributed by atoms with Crippen LogP contribution in [0.5, 0.6) is 0 Å². The van der Waals surface area contributed by atoms with Crippen LogP contribution >= 0.6 is 0 Å². The van der Waals surface area contributed by atoms with E-state index in [0.717, 1.165) is 6.08 Å². The van der Waals surface area contributed by atoms with Gasteiger partial charge in [-0.25, -0.2) is 4.79 Å². The molecule has 3 nitrogen and oxygen atoms in total. The first kappa shape index (κ1) is 10.2. The van der Waals surface area contributed by atoms with Gasteiger partial charge >= 0.3 is 5.97 Å². The Morgan fingerprint density at radius 2 is 2.27 bits per heavy atom. The molecule has 0 amide bonds. The molecule has 63 valence electrons. The third-order valence-corrected chi connectivity index (χ3v) is 0.933. The average molecular weight is 157 g/mol. The van der Waals surface area contributed by atoms with Crippen LogP contribution < -0.4 is 0 Å². The molecular formula is C8H13O3. The Hall–Kier alpha value is -0.830. The zero-order chi connectivity index (χ0) is 8.91. The van der Waals surface area contributed by atoms with Gasteiger partial charge in [-0.2, -0.15) is 0 Å². The van der Waals surface area contributed by atoms with Crippen molar-refractivity contribution in [1.29, 1.82) is 0 Å². The maximum atomic E-state index is 10.6. The van der Waals surface area contributed by atoms with Crippen molar-refractivity contribution in [3.05, 3.63) is 19.6 Å². The second-order valence-corrected chi connectivity index (χ2v) is 2.19. The minimum Gasteiger partial charge on any atom is -0.430 e. The molecule has 0 aliphatic rings. The first-order chi connectivity index (χ1) is 5.02. The summed E-state index contributed by atoms with van der Waals surface area (Å²) in [6.07, 6.45) is 1.07. The van der Waals surface area contributed by atoms with Gasteiger partial charge in [-0.05, 0) is 6.92 Å². The first-order valence-electron chi connectivity index (χ1n) is 3.36. The van der Waals surface area contributed by atoms with Gasteiger partial charge in [-0.1, -0.05) is 6.58 Å². The third kappa shape index (κ3) is 4.56. The topological polar surface area (TPSA) is 35.5 Å².